The van der Waals surface area contributed by atoms with Gasteiger partial charge in [-0.3, -0.25) is 28.8 Å². The topological polar surface area (TPSA) is 186 Å². The van der Waals surface area contributed by atoms with Crippen LogP contribution in [0.5, 0.6) is 0 Å². The number of likely N-dealkylation sites (N-methyl/N-ethyl adjacent to an activating group) is 1. The molecule has 4 amide bonds. The number of aliphatic hydroxyl groups is 1. The molecule has 2 fully saturated rings. The summed E-state index contributed by atoms with van der Waals surface area (Å²) in [5, 5.41) is 11.6. The van der Waals surface area contributed by atoms with Crippen LogP contribution in [0.1, 0.15) is 151 Å². The first-order chi connectivity index (χ1) is 32.6. The van der Waals surface area contributed by atoms with Crippen LogP contribution in [0.4, 0.5) is 0 Å². The van der Waals surface area contributed by atoms with Crippen molar-refractivity contribution in [2.24, 2.45) is 40.9 Å². The smallest absolute Gasteiger partial charge is 0.339 e. The number of ketones is 2. The maximum absolute atomic E-state index is 14.7. The second-order valence-electron chi connectivity index (χ2n) is 21.0. The van der Waals surface area contributed by atoms with Crippen molar-refractivity contribution >= 4 is 41.2 Å². The Kier molecular flexibility index (Phi) is 21.8. The number of benzene rings is 1. The number of carbonyl (C=O) groups is 7. The number of imide groups is 1. The molecular formula is C54H83N3O12. The second kappa shape index (κ2) is 26.2. The zero-order valence-corrected chi connectivity index (χ0v) is 43.5. The largest absolute Gasteiger partial charge is 0.388 e. The third kappa shape index (κ3) is 14.6. The zero-order chi connectivity index (χ0) is 51.3. The van der Waals surface area contributed by atoms with Gasteiger partial charge in [-0.2, -0.15) is 0 Å². The molecule has 1 aromatic rings. The molecule has 15 nitrogen and oxygen atoms in total. The van der Waals surface area contributed by atoms with Crippen molar-refractivity contribution in [2.45, 2.75) is 182 Å². The van der Waals surface area contributed by atoms with Crippen LogP contribution < -0.4 is 0 Å². The highest BCUT2D eigenvalue weighted by molar-refractivity contribution is 6.01. The Morgan fingerprint density at radius 2 is 1.49 bits per heavy atom. The molecule has 0 radical (unpaired) electrons. The summed E-state index contributed by atoms with van der Waals surface area (Å²) >= 11 is 0. The number of aliphatic hydroxyl groups excluding tert-OH is 1. The number of nitrogens with zero attached hydrogens (tertiary/aromatic N) is 3. The van der Waals surface area contributed by atoms with E-state index in [0.717, 1.165) is 12.0 Å². The Hall–Kier alpha value is -4.31. The number of hydroxylamine groups is 2. The Labute approximate surface area is 411 Å². The molecule has 0 saturated carbocycles. The Morgan fingerprint density at radius 1 is 0.841 bits per heavy atom. The molecule has 15 heteroatoms. The molecule has 4 rings (SSSR count). The molecule has 1 aromatic carbocycles. The lowest BCUT2D eigenvalue weighted by Crippen LogP contribution is -2.54. The summed E-state index contributed by atoms with van der Waals surface area (Å²) in [5.74, 6) is -4.46. The molecule has 0 bridgehead atoms. The van der Waals surface area contributed by atoms with E-state index in [2.05, 4.69) is 0 Å². The minimum Gasteiger partial charge on any atom is -0.388 e. The standard InChI is InChI=1S/C54H83N3O12/c1-13-35(6)48(44(66-11)32-47(62)56-29-19-23-41(56)51(67-12)37(8)42(58)30-36(7)49(63)38-20-15-14-16-21-38)55(10)52(64)40(33(2)3)31-43(59)50(34(4)5)68-39-22-17-18-27-54(9,28-26-39)53(65)69-57-45(60)24-25-46(57)61/h14-17,20-22,33-37,39-41,44,48-51,63H,13,18-19,23-32H2,1-12H3/b22-17+/t35-,36-,37-,39?,40-,41-,44+,48-,49+,50-,51+,54?/m0/s1. The summed E-state index contributed by atoms with van der Waals surface area (Å²) < 4.78 is 18.6. The number of carbonyl (C=O) groups excluding carboxylic acids is 7. The van der Waals surface area contributed by atoms with Gasteiger partial charge in [-0.15, -0.1) is 5.06 Å². The Balaban J connectivity index is 1.44. The summed E-state index contributed by atoms with van der Waals surface area (Å²) in [6, 6.07) is 8.43. The highest BCUT2D eigenvalue weighted by Gasteiger charge is 2.45. The molecule has 3 aliphatic rings. The summed E-state index contributed by atoms with van der Waals surface area (Å²) in [5.41, 5.74) is -0.249. The van der Waals surface area contributed by atoms with Gasteiger partial charge < -0.3 is 34.0 Å². The molecule has 1 N–H and O–H groups in total. The number of ether oxygens (including phenoxy) is 3. The van der Waals surface area contributed by atoms with Gasteiger partial charge in [0.1, 0.15) is 11.9 Å². The summed E-state index contributed by atoms with van der Waals surface area (Å²) in [4.78, 5) is 104. The highest BCUT2D eigenvalue weighted by atomic mass is 16.7. The molecule has 0 spiro atoms. The van der Waals surface area contributed by atoms with Crippen LogP contribution in [0, 0.1) is 40.9 Å². The normalized spacial score (nSPS) is 24.4. The van der Waals surface area contributed by atoms with Crippen molar-refractivity contribution in [3.63, 3.8) is 0 Å². The molecule has 2 heterocycles. The van der Waals surface area contributed by atoms with Crippen LogP contribution in [0.25, 0.3) is 0 Å². The van der Waals surface area contributed by atoms with Crippen molar-refractivity contribution in [3.05, 3.63) is 48.0 Å². The van der Waals surface area contributed by atoms with Crippen molar-refractivity contribution < 1.29 is 57.7 Å². The minimum absolute atomic E-state index is 0.00452. The van der Waals surface area contributed by atoms with Gasteiger partial charge in [0.2, 0.25) is 11.8 Å². The van der Waals surface area contributed by atoms with E-state index in [9.17, 15) is 38.7 Å². The van der Waals surface area contributed by atoms with Crippen LogP contribution in [0.15, 0.2) is 42.5 Å². The van der Waals surface area contributed by atoms with Gasteiger partial charge in [0, 0.05) is 65.3 Å². The number of Topliss-reactive ketones (excluding diaryl/α,β-unsaturated/α-hetero) is 2. The number of hydrogen-bond donors (Lipinski definition) is 1. The predicted octanol–water partition coefficient (Wildman–Crippen LogP) is 7.62. The van der Waals surface area contributed by atoms with E-state index in [0.29, 0.717) is 50.1 Å². The molecule has 0 aromatic heterocycles. The van der Waals surface area contributed by atoms with Crippen LogP contribution >= 0.6 is 0 Å². The summed E-state index contributed by atoms with van der Waals surface area (Å²) in [6.45, 7) is 17.6. The minimum atomic E-state index is -1.00. The van der Waals surface area contributed by atoms with Crippen LogP contribution in [0.2, 0.25) is 0 Å². The Morgan fingerprint density at radius 3 is 2.07 bits per heavy atom. The first-order valence-electron chi connectivity index (χ1n) is 25.4. The quantitative estimate of drug-likeness (QED) is 0.0748. The molecule has 69 heavy (non-hydrogen) atoms. The molecule has 1 aliphatic carbocycles. The monoisotopic (exact) mass is 966 g/mol. The number of amides is 4. The van der Waals surface area contributed by atoms with E-state index in [1.165, 1.54) is 0 Å². The third-order valence-electron chi connectivity index (χ3n) is 15.2. The van der Waals surface area contributed by atoms with E-state index in [1.807, 2.05) is 97.9 Å². The maximum atomic E-state index is 14.7. The van der Waals surface area contributed by atoms with Gasteiger partial charge in [-0.25, -0.2) is 4.79 Å². The number of methoxy groups -OCH3 is 2. The van der Waals surface area contributed by atoms with Gasteiger partial charge in [0.05, 0.1) is 48.3 Å². The first kappa shape index (κ1) is 57.3. The molecule has 2 saturated heterocycles. The van der Waals surface area contributed by atoms with E-state index in [-0.39, 0.29) is 85.2 Å². The van der Waals surface area contributed by atoms with Crippen LogP contribution in [-0.4, -0.2) is 125 Å². The zero-order valence-electron chi connectivity index (χ0n) is 43.5. The molecular weight excluding hydrogens is 883 g/mol. The molecule has 386 valence electrons. The lowest BCUT2D eigenvalue weighted by atomic mass is 9.79. The lowest BCUT2D eigenvalue weighted by Gasteiger charge is -2.41. The fourth-order valence-electron chi connectivity index (χ4n) is 10.4. The molecule has 2 unspecified atom stereocenters. The summed E-state index contributed by atoms with van der Waals surface area (Å²) in [7, 11) is 4.85. The van der Waals surface area contributed by atoms with E-state index >= 15 is 0 Å². The number of hydrogen-bond acceptors (Lipinski definition) is 12. The second-order valence-corrected chi connectivity index (χ2v) is 21.0. The van der Waals surface area contributed by atoms with Gasteiger partial charge >= 0.3 is 5.97 Å². The lowest BCUT2D eigenvalue weighted by molar-refractivity contribution is -0.205. The third-order valence-corrected chi connectivity index (χ3v) is 15.2. The van der Waals surface area contributed by atoms with E-state index < -0.39 is 71.6 Å². The Bertz CT molecular complexity index is 1920. The highest BCUT2D eigenvalue weighted by Crippen LogP contribution is 2.37. The van der Waals surface area contributed by atoms with Crippen LogP contribution in [0.3, 0.4) is 0 Å². The number of likely N-dealkylation sites (tertiary alicyclic amines) is 1. The van der Waals surface area contributed by atoms with E-state index in [1.54, 1.807) is 38.0 Å². The van der Waals surface area contributed by atoms with Gasteiger partial charge in [-0.05, 0) is 74.7 Å². The van der Waals surface area contributed by atoms with Crippen molar-refractivity contribution in [1.29, 1.82) is 0 Å². The van der Waals surface area contributed by atoms with E-state index in [4.69, 9.17) is 19.0 Å². The molecule has 2 aliphatic heterocycles. The molecule has 12 atom stereocenters. The first-order valence-corrected chi connectivity index (χ1v) is 25.4. The van der Waals surface area contributed by atoms with Crippen LogP contribution in [-0.2, 0) is 52.6 Å². The maximum Gasteiger partial charge on any atom is 0.339 e. The SMILES string of the molecule is CC[C@H](C)[C@@H]([C@@H](CC(=O)N1CCC[C@H]1[C@H](OC)[C@@H](C)C(=O)C[C@H](C)[C@@H](O)c1ccccc1)OC)N(C)C(=O)[C@@H](CC(=O)[C@@H](OC1/C=C/CCC(C)(C(=O)ON2C(=O)CCC2=O)CC1)C(C)C)C(C)C. The van der Waals surface area contributed by atoms with Crippen molar-refractivity contribution in [2.75, 3.05) is 27.8 Å². The average Bonchev–Trinajstić information content (AvgIpc) is 3.93. The van der Waals surface area contributed by atoms with Crippen molar-refractivity contribution in [3.8, 4) is 0 Å². The average molecular weight is 966 g/mol. The van der Waals surface area contributed by atoms with Gasteiger partial charge in [0.15, 0.2) is 5.78 Å². The van der Waals surface area contributed by atoms with Gasteiger partial charge in [0.25, 0.3) is 11.8 Å². The number of rotatable bonds is 25. The fourth-order valence-corrected chi connectivity index (χ4v) is 10.4. The summed E-state index contributed by atoms with van der Waals surface area (Å²) in [6.07, 6.45) is 4.28. The van der Waals surface area contributed by atoms with Crippen molar-refractivity contribution in [1.82, 2.24) is 14.9 Å². The van der Waals surface area contributed by atoms with Gasteiger partial charge in [-0.1, -0.05) is 104 Å². The predicted molar refractivity (Wildman–Crippen MR) is 261 cm³/mol. The fraction of sp³-hybridized carbons (Fsp3) is 0.722. The number of allylic oxidation sites excluding steroid dienone is 1.